The van der Waals surface area contributed by atoms with Crippen LogP contribution in [-0.2, 0) is 19.5 Å². The van der Waals surface area contributed by atoms with Crippen LogP contribution in [0.5, 0.6) is 0 Å². The van der Waals surface area contributed by atoms with Gasteiger partial charge in [-0.25, -0.2) is 4.98 Å². The number of hydrogen-bond donors (Lipinski definition) is 2. The molecule has 2 aromatic heterocycles. The predicted octanol–water partition coefficient (Wildman–Crippen LogP) is 1.57. The molecule has 0 aliphatic heterocycles. The third-order valence-corrected chi connectivity index (χ3v) is 3.98. The molecular weight excluding hydrogens is 324 g/mol. The third-order valence-electron chi connectivity index (χ3n) is 3.07. The van der Waals surface area contributed by atoms with Gasteiger partial charge in [0.2, 0.25) is 5.84 Å². The van der Waals surface area contributed by atoms with Crippen molar-refractivity contribution in [2.45, 2.75) is 33.4 Å². The average molecular weight is 341 g/mol. The first-order valence-electron chi connectivity index (χ1n) is 6.35. The Bertz CT molecular complexity index is 630. The second-order valence-electron chi connectivity index (χ2n) is 4.24. The molecular formula is C12H17BrN6O. The SMILES string of the molecule is CCc1nn(CC)c(Cn2ccnc2/C(N)=N/O)c1Br. The van der Waals surface area contributed by atoms with E-state index in [2.05, 4.69) is 38.1 Å². The quantitative estimate of drug-likeness (QED) is 0.374. The van der Waals surface area contributed by atoms with E-state index in [1.165, 1.54) is 0 Å². The number of nitrogens with zero attached hydrogens (tertiary/aromatic N) is 5. The smallest absolute Gasteiger partial charge is 0.206 e. The summed E-state index contributed by atoms with van der Waals surface area (Å²) in [5.41, 5.74) is 7.67. The van der Waals surface area contributed by atoms with E-state index < -0.39 is 0 Å². The minimum absolute atomic E-state index is 0.00981. The van der Waals surface area contributed by atoms with Gasteiger partial charge in [0.15, 0.2) is 5.82 Å². The van der Waals surface area contributed by atoms with Crippen molar-refractivity contribution in [1.29, 1.82) is 0 Å². The minimum Gasteiger partial charge on any atom is -0.409 e. The fourth-order valence-electron chi connectivity index (χ4n) is 2.04. The molecule has 108 valence electrons. The molecule has 0 saturated heterocycles. The predicted molar refractivity (Wildman–Crippen MR) is 78.8 cm³/mol. The Morgan fingerprint density at radius 2 is 2.25 bits per heavy atom. The van der Waals surface area contributed by atoms with E-state index in [0.29, 0.717) is 12.4 Å². The van der Waals surface area contributed by atoms with Gasteiger partial charge in [-0.05, 0) is 29.3 Å². The Morgan fingerprint density at radius 3 is 2.85 bits per heavy atom. The van der Waals surface area contributed by atoms with Crippen LogP contribution in [0.3, 0.4) is 0 Å². The van der Waals surface area contributed by atoms with E-state index in [9.17, 15) is 0 Å². The lowest BCUT2D eigenvalue weighted by molar-refractivity contribution is 0.318. The van der Waals surface area contributed by atoms with Gasteiger partial charge in [-0.1, -0.05) is 12.1 Å². The molecule has 0 saturated carbocycles. The van der Waals surface area contributed by atoms with Crippen LogP contribution < -0.4 is 5.73 Å². The van der Waals surface area contributed by atoms with Crippen molar-refractivity contribution in [2.24, 2.45) is 10.9 Å². The molecule has 0 aliphatic carbocycles. The zero-order chi connectivity index (χ0) is 14.7. The zero-order valence-corrected chi connectivity index (χ0v) is 13.0. The summed E-state index contributed by atoms with van der Waals surface area (Å²) in [6, 6.07) is 0. The van der Waals surface area contributed by atoms with Crippen LogP contribution in [0.2, 0.25) is 0 Å². The molecule has 0 atom stereocenters. The van der Waals surface area contributed by atoms with Crippen LogP contribution in [-0.4, -0.2) is 30.4 Å². The average Bonchev–Trinajstić information content (AvgIpc) is 3.04. The number of aryl methyl sites for hydroxylation is 2. The molecule has 0 bridgehead atoms. The first kappa shape index (κ1) is 14.6. The Hall–Kier alpha value is -1.83. The Kier molecular flexibility index (Phi) is 4.43. The maximum absolute atomic E-state index is 8.78. The number of aromatic nitrogens is 4. The first-order valence-corrected chi connectivity index (χ1v) is 7.14. The molecule has 0 aromatic carbocycles. The highest BCUT2D eigenvalue weighted by molar-refractivity contribution is 9.10. The van der Waals surface area contributed by atoms with Gasteiger partial charge in [-0.3, -0.25) is 4.68 Å². The highest BCUT2D eigenvalue weighted by atomic mass is 79.9. The van der Waals surface area contributed by atoms with Crippen molar-refractivity contribution in [3.8, 4) is 0 Å². The number of rotatable bonds is 5. The maximum atomic E-state index is 8.78. The van der Waals surface area contributed by atoms with Gasteiger partial charge in [0.05, 0.1) is 22.4 Å². The van der Waals surface area contributed by atoms with Crippen molar-refractivity contribution >= 4 is 21.8 Å². The molecule has 8 heteroatoms. The Balaban J connectivity index is 2.40. The van der Waals surface area contributed by atoms with Gasteiger partial charge < -0.3 is 15.5 Å². The summed E-state index contributed by atoms with van der Waals surface area (Å²) in [5.74, 6) is 0.422. The third kappa shape index (κ3) is 2.55. The minimum atomic E-state index is -0.00981. The van der Waals surface area contributed by atoms with Gasteiger partial charge in [-0.15, -0.1) is 0 Å². The Labute approximate surface area is 125 Å². The molecule has 2 rings (SSSR count). The van der Waals surface area contributed by atoms with Crippen molar-refractivity contribution in [2.75, 3.05) is 0 Å². The van der Waals surface area contributed by atoms with Crippen LogP contribution in [0.4, 0.5) is 0 Å². The maximum Gasteiger partial charge on any atom is 0.206 e. The summed E-state index contributed by atoms with van der Waals surface area (Å²) in [6.45, 7) is 5.44. The lowest BCUT2D eigenvalue weighted by atomic mass is 10.3. The topological polar surface area (TPSA) is 94.2 Å². The van der Waals surface area contributed by atoms with Crippen LogP contribution in [0.25, 0.3) is 0 Å². The lowest BCUT2D eigenvalue weighted by Crippen LogP contribution is -2.20. The fourth-order valence-corrected chi connectivity index (χ4v) is 2.73. The number of nitrogens with two attached hydrogens (primary N) is 1. The summed E-state index contributed by atoms with van der Waals surface area (Å²) in [4.78, 5) is 4.10. The van der Waals surface area contributed by atoms with Crippen LogP contribution in [0, 0.1) is 0 Å². The van der Waals surface area contributed by atoms with E-state index in [4.69, 9.17) is 10.9 Å². The summed E-state index contributed by atoms with van der Waals surface area (Å²) in [5, 5.41) is 16.3. The van der Waals surface area contributed by atoms with Crippen molar-refractivity contribution in [1.82, 2.24) is 19.3 Å². The van der Waals surface area contributed by atoms with Crippen LogP contribution >= 0.6 is 15.9 Å². The molecule has 0 aliphatic rings. The van der Waals surface area contributed by atoms with E-state index in [1.54, 1.807) is 12.4 Å². The first-order chi connectivity index (χ1) is 9.62. The molecule has 2 heterocycles. The summed E-state index contributed by atoms with van der Waals surface area (Å²) in [6.07, 6.45) is 4.27. The van der Waals surface area contributed by atoms with E-state index in [0.717, 1.165) is 28.8 Å². The second-order valence-corrected chi connectivity index (χ2v) is 5.03. The molecule has 0 radical (unpaired) electrons. The summed E-state index contributed by atoms with van der Waals surface area (Å²) in [7, 11) is 0. The molecule has 2 aromatic rings. The molecule has 0 amide bonds. The van der Waals surface area contributed by atoms with Gasteiger partial charge in [0.1, 0.15) is 0 Å². The summed E-state index contributed by atoms with van der Waals surface area (Å²) < 4.78 is 4.77. The van der Waals surface area contributed by atoms with E-state index in [1.807, 2.05) is 16.2 Å². The zero-order valence-electron chi connectivity index (χ0n) is 11.4. The van der Waals surface area contributed by atoms with E-state index in [-0.39, 0.29) is 5.84 Å². The monoisotopic (exact) mass is 340 g/mol. The molecule has 3 N–H and O–H groups in total. The van der Waals surface area contributed by atoms with Crippen molar-refractivity contribution < 1.29 is 5.21 Å². The molecule has 0 spiro atoms. The van der Waals surface area contributed by atoms with Gasteiger partial charge >= 0.3 is 0 Å². The number of amidine groups is 1. The molecule has 0 unspecified atom stereocenters. The summed E-state index contributed by atoms with van der Waals surface area (Å²) >= 11 is 3.60. The van der Waals surface area contributed by atoms with E-state index >= 15 is 0 Å². The number of halogens is 1. The van der Waals surface area contributed by atoms with Crippen molar-refractivity contribution in [3.05, 3.63) is 34.1 Å². The highest BCUT2D eigenvalue weighted by Gasteiger charge is 2.16. The highest BCUT2D eigenvalue weighted by Crippen LogP contribution is 2.23. The lowest BCUT2D eigenvalue weighted by Gasteiger charge is -2.09. The van der Waals surface area contributed by atoms with Crippen LogP contribution in [0.15, 0.2) is 22.0 Å². The number of oxime groups is 1. The van der Waals surface area contributed by atoms with Crippen LogP contribution in [0.1, 0.15) is 31.1 Å². The number of hydrogen-bond acceptors (Lipinski definition) is 4. The molecule has 20 heavy (non-hydrogen) atoms. The Morgan fingerprint density at radius 1 is 1.50 bits per heavy atom. The fraction of sp³-hybridized carbons (Fsp3) is 0.417. The normalized spacial score (nSPS) is 12.1. The standard InChI is InChI=1S/C12H17BrN6O/c1-3-8-10(13)9(19(4-2)16-8)7-18-6-5-15-12(18)11(14)17-20/h5-6,20H,3-4,7H2,1-2H3,(H2,14,17). The molecule has 0 fully saturated rings. The van der Waals surface area contributed by atoms with Gasteiger partial charge in [-0.2, -0.15) is 5.10 Å². The van der Waals surface area contributed by atoms with Gasteiger partial charge in [0, 0.05) is 18.9 Å². The number of imidazole rings is 1. The van der Waals surface area contributed by atoms with Gasteiger partial charge in [0.25, 0.3) is 0 Å². The largest absolute Gasteiger partial charge is 0.409 e. The van der Waals surface area contributed by atoms with Crippen molar-refractivity contribution in [3.63, 3.8) is 0 Å². The molecule has 7 nitrogen and oxygen atoms in total. The second kappa shape index (κ2) is 6.08.